The van der Waals surface area contributed by atoms with Crippen molar-refractivity contribution in [3.05, 3.63) is 77.0 Å². The molecule has 2 N–H and O–H groups in total. The molecule has 0 spiro atoms. The average Bonchev–Trinajstić information content (AvgIpc) is 2.72. The summed E-state index contributed by atoms with van der Waals surface area (Å²) in [5.74, 6) is 0.562. The minimum absolute atomic E-state index is 0.136. The molecule has 0 fully saturated rings. The molecular weight excluding hydrogens is 368 g/mol. The molecule has 0 saturated carbocycles. The van der Waals surface area contributed by atoms with Gasteiger partial charge < -0.3 is 20.1 Å². The van der Waals surface area contributed by atoms with Crippen LogP contribution in [0.5, 0.6) is 5.75 Å². The van der Waals surface area contributed by atoms with Crippen LogP contribution in [0.1, 0.15) is 37.4 Å². The highest BCUT2D eigenvalue weighted by molar-refractivity contribution is 5.95. The number of benzene rings is 2. The number of esters is 1. The van der Waals surface area contributed by atoms with E-state index in [2.05, 4.69) is 10.6 Å². The molecule has 1 heterocycles. The largest absolute Gasteiger partial charge is 0.497 e. The Morgan fingerprint density at radius 2 is 1.76 bits per heavy atom. The first kappa shape index (κ1) is 20.5. The molecule has 0 saturated heterocycles. The first-order valence-electron chi connectivity index (χ1n) is 9.63. The number of rotatable bonds is 7. The summed E-state index contributed by atoms with van der Waals surface area (Å²) in [6, 6.07) is 15.9. The second kappa shape index (κ2) is 9.28. The fraction of sp³-hybridized carbons (Fsp3) is 0.304. The third-order valence-electron chi connectivity index (χ3n) is 4.65. The molecule has 1 atom stereocenters. The number of carbonyl (C=O) groups excluding carboxylic acids is 2. The Morgan fingerprint density at radius 3 is 2.38 bits per heavy atom. The number of methoxy groups -OCH3 is 1. The molecule has 0 radical (unpaired) electrons. The minimum Gasteiger partial charge on any atom is -0.497 e. The zero-order chi connectivity index (χ0) is 20.8. The van der Waals surface area contributed by atoms with Crippen molar-refractivity contribution in [2.24, 2.45) is 5.92 Å². The SMILES string of the molecule is COc1ccc(COC(=O)C2=C(CC(C)C)NC(=O)NC2c2ccccc2)cc1. The lowest BCUT2D eigenvalue weighted by Gasteiger charge is -2.30. The molecular formula is C23H26N2O4. The van der Waals surface area contributed by atoms with E-state index < -0.39 is 12.0 Å². The zero-order valence-electron chi connectivity index (χ0n) is 16.9. The van der Waals surface area contributed by atoms with Gasteiger partial charge in [-0.1, -0.05) is 56.3 Å². The van der Waals surface area contributed by atoms with Crippen molar-refractivity contribution in [2.75, 3.05) is 7.11 Å². The maximum Gasteiger partial charge on any atom is 0.338 e. The highest BCUT2D eigenvalue weighted by atomic mass is 16.5. The number of hydrogen-bond acceptors (Lipinski definition) is 4. The van der Waals surface area contributed by atoms with Crippen LogP contribution in [0.2, 0.25) is 0 Å². The fourth-order valence-corrected chi connectivity index (χ4v) is 3.27. The van der Waals surface area contributed by atoms with Gasteiger partial charge in [0.15, 0.2) is 0 Å². The Morgan fingerprint density at radius 1 is 1.07 bits per heavy atom. The van der Waals surface area contributed by atoms with Gasteiger partial charge in [0.2, 0.25) is 0 Å². The van der Waals surface area contributed by atoms with Crippen molar-refractivity contribution in [1.29, 1.82) is 0 Å². The highest BCUT2D eigenvalue weighted by Gasteiger charge is 2.33. The van der Waals surface area contributed by atoms with Gasteiger partial charge in [0, 0.05) is 5.70 Å². The van der Waals surface area contributed by atoms with Crippen LogP contribution in [0.4, 0.5) is 4.79 Å². The maximum absolute atomic E-state index is 13.1. The summed E-state index contributed by atoms with van der Waals surface area (Å²) in [4.78, 5) is 25.3. The summed E-state index contributed by atoms with van der Waals surface area (Å²) in [6.07, 6.45) is 0.573. The number of urea groups is 1. The van der Waals surface area contributed by atoms with E-state index in [9.17, 15) is 9.59 Å². The molecule has 0 aromatic heterocycles. The number of hydrogen-bond donors (Lipinski definition) is 2. The van der Waals surface area contributed by atoms with Gasteiger partial charge in [0.05, 0.1) is 18.7 Å². The molecule has 0 aliphatic carbocycles. The predicted molar refractivity (Wildman–Crippen MR) is 110 cm³/mol. The summed E-state index contributed by atoms with van der Waals surface area (Å²) in [7, 11) is 1.60. The van der Waals surface area contributed by atoms with Crippen molar-refractivity contribution in [2.45, 2.75) is 32.9 Å². The Balaban J connectivity index is 1.87. The lowest BCUT2D eigenvalue weighted by molar-refractivity contribution is -0.140. The van der Waals surface area contributed by atoms with E-state index in [0.29, 0.717) is 17.7 Å². The van der Waals surface area contributed by atoms with Crippen LogP contribution < -0.4 is 15.4 Å². The molecule has 3 rings (SSSR count). The Labute approximate surface area is 170 Å². The van der Waals surface area contributed by atoms with E-state index in [1.54, 1.807) is 7.11 Å². The van der Waals surface area contributed by atoms with Gasteiger partial charge in [-0.3, -0.25) is 0 Å². The lowest BCUT2D eigenvalue weighted by Crippen LogP contribution is -2.46. The van der Waals surface area contributed by atoms with Gasteiger partial charge in [-0.05, 0) is 35.6 Å². The van der Waals surface area contributed by atoms with Crippen molar-refractivity contribution in [1.82, 2.24) is 10.6 Å². The van der Waals surface area contributed by atoms with E-state index in [4.69, 9.17) is 9.47 Å². The monoisotopic (exact) mass is 394 g/mol. The average molecular weight is 394 g/mol. The van der Waals surface area contributed by atoms with Crippen LogP contribution >= 0.6 is 0 Å². The molecule has 6 nitrogen and oxygen atoms in total. The highest BCUT2D eigenvalue weighted by Crippen LogP contribution is 2.30. The molecule has 2 aromatic carbocycles. The summed E-state index contributed by atoms with van der Waals surface area (Å²) in [5.41, 5.74) is 2.74. The Kier molecular flexibility index (Phi) is 6.54. The molecule has 29 heavy (non-hydrogen) atoms. The quantitative estimate of drug-likeness (QED) is 0.694. The normalized spacial score (nSPS) is 16.3. The van der Waals surface area contributed by atoms with Gasteiger partial charge in [-0.2, -0.15) is 0 Å². The van der Waals surface area contributed by atoms with Gasteiger partial charge in [-0.25, -0.2) is 9.59 Å². The molecule has 1 unspecified atom stereocenters. The van der Waals surface area contributed by atoms with Gasteiger partial charge >= 0.3 is 12.0 Å². The van der Waals surface area contributed by atoms with Crippen molar-refractivity contribution in [3.63, 3.8) is 0 Å². The van der Waals surface area contributed by atoms with E-state index in [0.717, 1.165) is 16.9 Å². The molecule has 2 amide bonds. The first-order chi connectivity index (χ1) is 14.0. The Hall–Kier alpha value is -3.28. The van der Waals surface area contributed by atoms with Crippen molar-refractivity contribution >= 4 is 12.0 Å². The van der Waals surface area contributed by atoms with Crippen LogP contribution in [0, 0.1) is 5.92 Å². The second-order valence-electron chi connectivity index (χ2n) is 7.36. The lowest BCUT2D eigenvalue weighted by atomic mass is 9.92. The first-order valence-corrected chi connectivity index (χ1v) is 9.63. The number of carbonyl (C=O) groups is 2. The molecule has 0 bridgehead atoms. The third-order valence-corrected chi connectivity index (χ3v) is 4.65. The van der Waals surface area contributed by atoms with Crippen molar-refractivity contribution < 1.29 is 19.1 Å². The number of allylic oxidation sites excluding steroid dienone is 1. The van der Waals surface area contributed by atoms with Crippen LogP contribution in [-0.2, 0) is 16.1 Å². The van der Waals surface area contributed by atoms with Crippen molar-refractivity contribution in [3.8, 4) is 5.75 Å². The minimum atomic E-state index is -0.554. The van der Waals surface area contributed by atoms with E-state index in [1.165, 1.54) is 0 Å². The molecule has 152 valence electrons. The molecule has 6 heteroatoms. The number of amides is 2. The van der Waals surface area contributed by atoms with E-state index >= 15 is 0 Å². The molecule has 1 aliphatic rings. The molecule has 2 aromatic rings. The smallest absolute Gasteiger partial charge is 0.338 e. The number of nitrogens with one attached hydrogen (secondary N) is 2. The summed E-state index contributed by atoms with van der Waals surface area (Å²) >= 11 is 0. The van der Waals surface area contributed by atoms with Gasteiger partial charge in [0.1, 0.15) is 12.4 Å². The van der Waals surface area contributed by atoms with Crippen LogP contribution in [0.3, 0.4) is 0 Å². The zero-order valence-corrected chi connectivity index (χ0v) is 16.9. The summed E-state index contributed by atoms with van der Waals surface area (Å²) in [6.45, 7) is 4.22. The fourth-order valence-electron chi connectivity index (χ4n) is 3.27. The van der Waals surface area contributed by atoms with Gasteiger partial charge in [-0.15, -0.1) is 0 Å². The predicted octanol–water partition coefficient (Wildman–Crippen LogP) is 4.09. The van der Waals surface area contributed by atoms with Gasteiger partial charge in [0.25, 0.3) is 0 Å². The van der Waals surface area contributed by atoms with E-state index in [-0.39, 0.29) is 18.6 Å². The topological polar surface area (TPSA) is 76.7 Å². The number of ether oxygens (including phenoxy) is 2. The van der Waals surface area contributed by atoms with Crippen LogP contribution in [-0.4, -0.2) is 19.1 Å². The standard InChI is InChI=1S/C23H26N2O4/c1-15(2)13-19-20(21(25-23(27)24-19)17-7-5-4-6-8-17)22(26)29-14-16-9-11-18(28-3)12-10-16/h4-12,15,21H,13-14H2,1-3H3,(H2,24,25,27). The summed E-state index contributed by atoms with van der Waals surface area (Å²) in [5, 5.41) is 5.66. The maximum atomic E-state index is 13.1. The third kappa shape index (κ3) is 5.16. The Bertz CT molecular complexity index is 889. The van der Waals surface area contributed by atoms with Crippen LogP contribution in [0.15, 0.2) is 65.9 Å². The van der Waals surface area contributed by atoms with E-state index in [1.807, 2.05) is 68.4 Å². The second-order valence-corrected chi connectivity index (χ2v) is 7.36. The van der Waals surface area contributed by atoms with Crippen LogP contribution in [0.25, 0.3) is 0 Å². The summed E-state index contributed by atoms with van der Waals surface area (Å²) < 4.78 is 10.8. The molecule has 1 aliphatic heterocycles.